The fourth-order valence-corrected chi connectivity index (χ4v) is 0.487. The van der Waals surface area contributed by atoms with Gasteiger partial charge in [-0.15, -0.1) is 0 Å². The third-order valence-corrected chi connectivity index (χ3v) is 0.768. The molecule has 0 atom stereocenters. The Morgan fingerprint density at radius 3 is 2.11 bits per heavy atom. The van der Waals surface area contributed by atoms with Gasteiger partial charge in [-0.1, -0.05) is 0 Å². The van der Waals surface area contributed by atoms with Gasteiger partial charge in [0, 0.05) is 0 Å². The van der Waals surface area contributed by atoms with Crippen molar-refractivity contribution in [3.63, 3.8) is 0 Å². The minimum atomic E-state index is -1.98. The van der Waals surface area contributed by atoms with Crippen LogP contribution in [0.4, 0.5) is 0 Å². The van der Waals surface area contributed by atoms with Crippen LogP contribution in [0.2, 0.25) is 0 Å². The highest BCUT2D eigenvalue weighted by Crippen LogP contribution is 1.91. The number of hydrogen-bond acceptors (Lipinski definition) is 5. The van der Waals surface area contributed by atoms with Crippen LogP contribution in [-0.2, 0) is 0 Å². The molecule has 0 fully saturated rings. The lowest BCUT2D eigenvalue weighted by Crippen LogP contribution is -2.55. The Balaban J connectivity index is 3.58. The van der Waals surface area contributed by atoms with Crippen LogP contribution in [0.5, 0.6) is 0 Å². The summed E-state index contributed by atoms with van der Waals surface area (Å²) in [7, 11) is 3.41. The summed E-state index contributed by atoms with van der Waals surface area (Å²) in [5, 5.41) is 17.5. The minimum Gasteiger partial charge on any atom is -0.352 e. The van der Waals surface area contributed by atoms with Crippen molar-refractivity contribution in [2.75, 3.05) is 20.6 Å². The number of nitrogens with zero attached hydrogens (tertiary/aromatic N) is 1. The van der Waals surface area contributed by atoms with Gasteiger partial charge in [-0.2, -0.15) is 0 Å². The summed E-state index contributed by atoms with van der Waals surface area (Å²) < 4.78 is 0. The summed E-state index contributed by atoms with van der Waals surface area (Å²) in [5.74, 6) is 2.80. The zero-order valence-electron chi connectivity index (χ0n) is 5.63. The van der Waals surface area contributed by atoms with E-state index >= 15 is 0 Å². The molecule has 0 saturated carbocycles. The van der Waals surface area contributed by atoms with E-state index in [1.54, 1.807) is 19.0 Å². The monoisotopic (exact) mass is 135 g/mol. The molecule has 0 rings (SSSR count). The third-order valence-electron chi connectivity index (χ3n) is 0.768. The fourth-order valence-electron chi connectivity index (χ4n) is 0.487. The number of rotatable bonds is 3. The molecule has 0 saturated heterocycles. The van der Waals surface area contributed by atoms with Gasteiger partial charge in [0.05, 0.1) is 6.54 Å². The second-order valence-electron chi connectivity index (χ2n) is 2.20. The van der Waals surface area contributed by atoms with Crippen LogP contribution in [0.15, 0.2) is 0 Å². The van der Waals surface area contributed by atoms with E-state index in [9.17, 15) is 0 Å². The maximum Gasteiger partial charge on any atom is 0.248 e. The molecular formula is C4H13N3O2. The van der Waals surface area contributed by atoms with E-state index in [1.165, 1.54) is 0 Å². The molecule has 0 heterocycles. The Labute approximate surface area is 54.0 Å². The van der Waals surface area contributed by atoms with E-state index in [4.69, 9.17) is 16.1 Å². The van der Waals surface area contributed by atoms with Crippen molar-refractivity contribution in [1.29, 1.82) is 0 Å². The van der Waals surface area contributed by atoms with Gasteiger partial charge in [-0.25, -0.2) is 5.43 Å². The topological polar surface area (TPSA) is 81.8 Å². The predicted molar refractivity (Wildman–Crippen MR) is 33.0 cm³/mol. The highest BCUT2D eigenvalue weighted by Gasteiger charge is 2.20. The first-order valence-electron chi connectivity index (χ1n) is 2.55. The summed E-state index contributed by atoms with van der Waals surface area (Å²) in [6, 6.07) is 0. The highest BCUT2D eigenvalue weighted by atomic mass is 16.5. The predicted octanol–water partition coefficient (Wildman–Crippen LogP) is -2.35. The van der Waals surface area contributed by atoms with Crippen molar-refractivity contribution in [3.05, 3.63) is 0 Å². The van der Waals surface area contributed by atoms with Crippen LogP contribution < -0.4 is 11.3 Å². The molecule has 0 spiro atoms. The Kier molecular flexibility index (Phi) is 3.02. The molecule has 0 aromatic heterocycles. The van der Waals surface area contributed by atoms with Crippen molar-refractivity contribution in [2.45, 2.75) is 5.91 Å². The lowest BCUT2D eigenvalue weighted by Gasteiger charge is -2.23. The third kappa shape index (κ3) is 4.31. The van der Waals surface area contributed by atoms with Crippen molar-refractivity contribution in [3.8, 4) is 0 Å². The van der Waals surface area contributed by atoms with Crippen molar-refractivity contribution in [1.82, 2.24) is 10.3 Å². The molecule has 0 aliphatic rings. The van der Waals surface area contributed by atoms with Gasteiger partial charge in [0.25, 0.3) is 0 Å². The minimum absolute atomic E-state index is 0.0590. The molecular weight excluding hydrogens is 122 g/mol. The summed E-state index contributed by atoms with van der Waals surface area (Å²) in [4.78, 5) is 1.60. The summed E-state index contributed by atoms with van der Waals surface area (Å²) in [6.07, 6.45) is 0. The number of likely N-dealkylation sites (N-methyl/N-ethyl adjacent to an activating group) is 1. The number of hydrogen-bond donors (Lipinski definition) is 4. The molecule has 0 aliphatic carbocycles. The van der Waals surface area contributed by atoms with Crippen LogP contribution in [0, 0.1) is 0 Å². The summed E-state index contributed by atoms with van der Waals surface area (Å²) >= 11 is 0. The number of nitrogens with two attached hydrogens (primary N) is 1. The van der Waals surface area contributed by atoms with Gasteiger partial charge in [0.15, 0.2) is 0 Å². The molecule has 9 heavy (non-hydrogen) atoms. The molecule has 0 radical (unpaired) electrons. The molecule has 0 bridgehead atoms. The molecule has 0 unspecified atom stereocenters. The molecule has 0 aliphatic heterocycles. The van der Waals surface area contributed by atoms with Gasteiger partial charge >= 0.3 is 0 Å². The van der Waals surface area contributed by atoms with Gasteiger partial charge in [-0.05, 0) is 14.1 Å². The molecule has 5 nitrogen and oxygen atoms in total. The van der Waals surface area contributed by atoms with Crippen molar-refractivity contribution < 1.29 is 10.2 Å². The molecule has 0 aromatic rings. The number of aliphatic hydroxyl groups is 2. The van der Waals surface area contributed by atoms with E-state index in [0.717, 1.165) is 0 Å². The normalized spacial score (nSPS) is 12.7. The second-order valence-corrected chi connectivity index (χ2v) is 2.20. The van der Waals surface area contributed by atoms with E-state index in [1.807, 2.05) is 5.43 Å². The average molecular weight is 135 g/mol. The first-order chi connectivity index (χ1) is 3.98. The zero-order valence-corrected chi connectivity index (χ0v) is 5.63. The average Bonchev–Trinajstić information content (AvgIpc) is 1.63. The smallest absolute Gasteiger partial charge is 0.248 e. The van der Waals surface area contributed by atoms with Crippen molar-refractivity contribution >= 4 is 0 Å². The van der Waals surface area contributed by atoms with E-state index < -0.39 is 5.91 Å². The Morgan fingerprint density at radius 2 is 2.00 bits per heavy atom. The van der Waals surface area contributed by atoms with E-state index in [2.05, 4.69) is 0 Å². The fraction of sp³-hybridized carbons (Fsp3) is 1.00. The van der Waals surface area contributed by atoms with Crippen LogP contribution >= 0.6 is 0 Å². The summed E-state index contributed by atoms with van der Waals surface area (Å²) in [5.41, 5.74) is 1.84. The SMILES string of the molecule is CN(C)CC(O)(O)NN. The zero-order chi connectivity index (χ0) is 7.49. The number of hydrazine groups is 1. The Hall–Kier alpha value is -0.200. The molecule has 0 aromatic carbocycles. The quantitative estimate of drug-likeness (QED) is 0.198. The van der Waals surface area contributed by atoms with Crippen molar-refractivity contribution in [2.24, 2.45) is 5.84 Å². The van der Waals surface area contributed by atoms with E-state index in [-0.39, 0.29) is 6.54 Å². The van der Waals surface area contributed by atoms with Crippen LogP contribution in [0.1, 0.15) is 0 Å². The van der Waals surface area contributed by atoms with Gasteiger partial charge in [0.2, 0.25) is 5.91 Å². The van der Waals surface area contributed by atoms with Crippen LogP contribution in [0.25, 0.3) is 0 Å². The van der Waals surface area contributed by atoms with Crippen LogP contribution in [0.3, 0.4) is 0 Å². The first-order valence-corrected chi connectivity index (χ1v) is 2.55. The second kappa shape index (κ2) is 3.09. The Bertz CT molecular complexity index is 83.9. The lowest BCUT2D eigenvalue weighted by molar-refractivity contribution is -0.193. The van der Waals surface area contributed by atoms with E-state index in [0.29, 0.717) is 0 Å². The first kappa shape index (κ1) is 8.80. The summed E-state index contributed by atoms with van der Waals surface area (Å²) in [6.45, 7) is 0.0590. The standard InChI is InChI=1S/C4H13N3O2/c1-7(2)3-4(8,9)6-5/h6,8-9H,3,5H2,1-2H3. The van der Waals surface area contributed by atoms with Crippen LogP contribution in [-0.4, -0.2) is 41.7 Å². The molecule has 5 heteroatoms. The molecule has 5 N–H and O–H groups in total. The van der Waals surface area contributed by atoms with Gasteiger partial charge in [-0.3, -0.25) is 5.84 Å². The maximum atomic E-state index is 8.77. The lowest BCUT2D eigenvalue weighted by atomic mass is 10.5. The largest absolute Gasteiger partial charge is 0.352 e. The molecule has 56 valence electrons. The van der Waals surface area contributed by atoms with Gasteiger partial charge in [0.1, 0.15) is 0 Å². The Morgan fingerprint density at radius 1 is 1.56 bits per heavy atom. The molecule has 0 amide bonds. The maximum absolute atomic E-state index is 8.77. The van der Waals surface area contributed by atoms with Gasteiger partial charge < -0.3 is 15.1 Å². The number of nitrogens with one attached hydrogen (secondary N) is 1. The highest BCUT2D eigenvalue weighted by molar-refractivity contribution is 4.59.